The summed E-state index contributed by atoms with van der Waals surface area (Å²) in [5, 5.41) is 0. The van der Waals surface area contributed by atoms with Gasteiger partial charge in [-0.2, -0.15) is 0 Å². The van der Waals surface area contributed by atoms with Crippen LogP contribution >= 0.6 is 0 Å². The van der Waals surface area contributed by atoms with Crippen molar-refractivity contribution in [1.82, 2.24) is 9.80 Å². The van der Waals surface area contributed by atoms with Crippen LogP contribution < -0.4 is 5.73 Å². The molecule has 0 atom stereocenters. The van der Waals surface area contributed by atoms with Crippen LogP contribution in [0.15, 0.2) is 0 Å². The second-order valence-corrected chi connectivity index (χ2v) is 3.46. The van der Waals surface area contributed by atoms with E-state index in [1.165, 1.54) is 0 Å². The summed E-state index contributed by atoms with van der Waals surface area (Å²) in [6.07, 6.45) is 0. The summed E-state index contributed by atoms with van der Waals surface area (Å²) in [6.45, 7) is 7.96. The molecule has 0 unspecified atom stereocenters. The van der Waals surface area contributed by atoms with Gasteiger partial charge in [0.1, 0.15) is 0 Å². The summed E-state index contributed by atoms with van der Waals surface area (Å²) in [5.74, 6) is 0.527. The molecule has 76 valence electrons. The average molecular weight is 185 g/mol. The fourth-order valence-corrected chi connectivity index (χ4v) is 1.57. The first-order chi connectivity index (χ1) is 6.22. The zero-order chi connectivity index (χ0) is 9.84. The van der Waals surface area contributed by atoms with Gasteiger partial charge in [0.05, 0.1) is 0 Å². The van der Waals surface area contributed by atoms with Gasteiger partial charge in [0.15, 0.2) is 0 Å². The van der Waals surface area contributed by atoms with Gasteiger partial charge in [-0.05, 0) is 20.4 Å². The quantitative estimate of drug-likeness (QED) is 0.689. The molecule has 1 aliphatic heterocycles. The zero-order valence-electron chi connectivity index (χ0n) is 8.49. The molecular formula is C9H19N3O. The number of likely N-dealkylation sites (tertiary alicyclic amines) is 1. The van der Waals surface area contributed by atoms with Crippen molar-refractivity contribution in [2.75, 3.05) is 32.7 Å². The number of carbonyl (C=O) groups excluding carboxylic acids is 1. The smallest absolute Gasteiger partial charge is 0.320 e. The Hall–Kier alpha value is -0.770. The first kappa shape index (κ1) is 10.3. The topological polar surface area (TPSA) is 49.6 Å². The molecule has 1 rings (SSSR count). The molecule has 1 saturated heterocycles. The van der Waals surface area contributed by atoms with E-state index in [0.717, 1.165) is 26.2 Å². The molecule has 0 spiro atoms. The maximum absolute atomic E-state index is 11.7. The number of nitrogens with two attached hydrogens (primary N) is 1. The van der Waals surface area contributed by atoms with E-state index in [0.29, 0.717) is 12.5 Å². The van der Waals surface area contributed by atoms with E-state index in [1.54, 1.807) is 0 Å². The van der Waals surface area contributed by atoms with Crippen LogP contribution in [0.25, 0.3) is 0 Å². The average Bonchev–Trinajstić information content (AvgIpc) is 2.04. The zero-order valence-corrected chi connectivity index (χ0v) is 8.49. The molecule has 0 aromatic carbocycles. The Morgan fingerprint density at radius 2 is 2.00 bits per heavy atom. The standard InChI is InChI=1S/C9H19N3O/c1-3-11(4-2)9(13)12-6-8(5-10)7-12/h8H,3-7,10H2,1-2H3. The minimum atomic E-state index is 0.162. The largest absolute Gasteiger partial charge is 0.330 e. The van der Waals surface area contributed by atoms with E-state index < -0.39 is 0 Å². The van der Waals surface area contributed by atoms with Crippen molar-refractivity contribution in [3.63, 3.8) is 0 Å². The molecule has 0 aromatic rings. The molecule has 0 radical (unpaired) electrons. The Kier molecular flexibility index (Phi) is 3.54. The van der Waals surface area contributed by atoms with Crippen LogP contribution in [-0.2, 0) is 0 Å². The molecule has 0 saturated carbocycles. The van der Waals surface area contributed by atoms with E-state index in [4.69, 9.17) is 5.73 Å². The highest BCUT2D eigenvalue weighted by atomic mass is 16.2. The van der Waals surface area contributed by atoms with Crippen LogP contribution in [0.3, 0.4) is 0 Å². The summed E-state index contributed by atoms with van der Waals surface area (Å²) < 4.78 is 0. The van der Waals surface area contributed by atoms with Gasteiger partial charge in [-0.3, -0.25) is 0 Å². The van der Waals surface area contributed by atoms with Gasteiger partial charge < -0.3 is 15.5 Å². The first-order valence-electron chi connectivity index (χ1n) is 4.96. The van der Waals surface area contributed by atoms with E-state index in [1.807, 2.05) is 23.6 Å². The molecule has 1 heterocycles. The molecule has 2 amide bonds. The molecule has 1 aliphatic rings. The lowest BCUT2D eigenvalue weighted by Gasteiger charge is -2.41. The van der Waals surface area contributed by atoms with E-state index >= 15 is 0 Å². The molecule has 0 aliphatic carbocycles. The van der Waals surface area contributed by atoms with E-state index in [2.05, 4.69) is 0 Å². The molecule has 2 N–H and O–H groups in total. The molecule has 13 heavy (non-hydrogen) atoms. The SMILES string of the molecule is CCN(CC)C(=O)N1CC(CN)C1. The third-order valence-electron chi connectivity index (χ3n) is 2.59. The number of urea groups is 1. The third kappa shape index (κ3) is 2.12. The van der Waals surface area contributed by atoms with Crippen LogP contribution in [0, 0.1) is 5.92 Å². The molecule has 0 aromatic heterocycles. The summed E-state index contributed by atoms with van der Waals surface area (Å²) in [7, 11) is 0. The van der Waals surface area contributed by atoms with E-state index in [9.17, 15) is 4.79 Å². The van der Waals surface area contributed by atoms with E-state index in [-0.39, 0.29) is 6.03 Å². The van der Waals surface area contributed by atoms with Gasteiger partial charge in [0.25, 0.3) is 0 Å². The molecule has 0 bridgehead atoms. The molecule has 1 fully saturated rings. The predicted octanol–water partition coefficient (Wildman–Crippen LogP) is 0.339. The molecule has 4 nitrogen and oxygen atoms in total. The summed E-state index contributed by atoms with van der Waals surface area (Å²) in [4.78, 5) is 15.4. The highest BCUT2D eigenvalue weighted by Crippen LogP contribution is 2.15. The minimum absolute atomic E-state index is 0.162. The fraction of sp³-hybridized carbons (Fsp3) is 0.889. The van der Waals surface area contributed by atoms with Crippen molar-refractivity contribution in [1.29, 1.82) is 0 Å². The maximum atomic E-state index is 11.7. The number of amides is 2. The van der Waals surface area contributed by atoms with Crippen LogP contribution in [0.2, 0.25) is 0 Å². The van der Waals surface area contributed by atoms with Crippen molar-refractivity contribution in [3.05, 3.63) is 0 Å². The van der Waals surface area contributed by atoms with Crippen LogP contribution in [-0.4, -0.2) is 48.6 Å². The van der Waals surface area contributed by atoms with Crippen molar-refractivity contribution >= 4 is 6.03 Å². The second-order valence-electron chi connectivity index (χ2n) is 3.46. The molecular weight excluding hydrogens is 166 g/mol. The van der Waals surface area contributed by atoms with Gasteiger partial charge in [-0.15, -0.1) is 0 Å². The Morgan fingerprint density at radius 3 is 2.38 bits per heavy atom. The highest BCUT2D eigenvalue weighted by molar-refractivity contribution is 5.75. The van der Waals surface area contributed by atoms with Gasteiger partial charge in [-0.25, -0.2) is 4.79 Å². The van der Waals surface area contributed by atoms with Crippen molar-refractivity contribution < 1.29 is 4.79 Å². The maximum Gasteiger partial charge on any atom is 0.320 e. The van der Waals surface area contributed by atoms with Crippen LogP contribution in [0.4, 0.5) is 4.79 Å². The summed E-state index contributed by atoms with van der Waals surface area (Å²) in [6, 6.07) is 0.162. The molecule has 4 heteroatoms. The normalized spacial score (nSPS) is 17.0. The number of hydrogen-bond donors (Lipinski definition) is 1. The van der Waals surface area contributed by atoms with Crippen LogP contribution in [0.1, 0.15) is 13.8 Å². The second kappa shape index (κ2) is 4.46. The Bertz CT molecular complexity index is 174. The minimum Gasteiger partial charge on any atom is -0.330 e. The van der Waals surface area contributed by atoms with Gasteiger partial charge in [0.2, 0.25) is 0 Å². The van der Waals surface area contributed by atoms with Gasteiger partial charge in [-0.1, -0.05) is 0 Å². The monoisotopic (exact) mass is 185 g/mol. The summed E-state index contributed by atoms with van der Waals surface area (Å²) in [5.41, 5.74) is 5.49. The van der Waals surface area contributed by atoms with Crippen LogP contribution in [0.5, 0.6) is 0 Å². The predicted molar refractivity (Wildman–Crippen MR) is 52.4 cm³/mol. The Morgan fingerprint density at radius 1 is 1.46 bits per heavy atom. The Balaban J connectivity index is 2.33. The number of carbonyl (C=O) groups is 1. The number of nitrogens with zero attached hydrogens (tertiary/aromatic N) is 2. The van der Waals surface area contributed by atoms with Crippen molar-refractivity contribution in [2.24, 2.45) is 11.7 Å². The van der Waals surface area contributed by atoms with Crippen molar-refractivity contribution in [2.45, 2.75) is 13.8 Å². The third-order valence-corrected chi connectivity index (χ3v) is 2.59. The lowest BCUT2D eigenvalue weighted by atomic mass is 10.0. The summed E-state index contributed by atoms with van der Waals surface area (Å²) >= 11 is 0. The van der Waals surface area contributed by atoms with Gasteiger partial charge in [0, 0.05) is 32.1 Å². The number of hydrogen-bond acceptors (Lipinski definition) is 2. The number of rotatable bonds is 3. The fourth-order valence-electron chi connectivity index (χ4n) is 1.57. The Labute approximate surface area is 79.7 Å². The van der Waals surface area contributed by atoms with Crippen molar-refractivity contribution in [3.8, 4) is 0 Å². The lowest BCUT2D eigenvalue weighted by Crippen LogP contribution is -2.56. The van der Waals surface area contributed by atoms with Gasteiger partial charge >= 0.3 is 6.03 Å². The highest BCUT2D eigenvalue weighted by Gasteiger charge is 2.31. The first-order valence-corrected chi connectivity index (χ1v) is 4.96. The lowest BCUT2D eigenvalue weighted by molar-refractivity contribution is 0.0961.